The number of rotatable bonds is 4. The Morgan fingerprint density at radius 2 is 1.81 bits per heavy atom. The van der Waals surface area contributed by atoms with Crippen molar-refractivity contribution in [3.63, 3.8) is 0 Å². The molecule has 31 heavy (non-hydrogen) atoms. The Balaban J connectivity index is 1.73. The lowest BCUT2D eigenvalue weighted by Crippen LogP contribution is -2.45. The van der Waals surface area contributed by atoms with Gasteiger partial charge in [0, 0.05) is 41.4 Å². The van der Waals surface area contributed by atoms with E-state index in [1.807, 2.05) is 39.5 Å². The summed E-state index contributed by atoms with van der Waals surface area (Å²) in [5.74, 6) is 0.167. The summed E-state index contributed by atoms with van der Waals surface area (Å²) in [7, 11) is 0. The molecular formula is C24H31FN4O2. The molecule has 7 heteroatoms. The van der Waals surface area contributed by atoms with Gasteiger partial charge in [-0.15, -0.1) is 0 Å². The summed E-state index contributed by atoms with van der Waals surface area (Å²) >= 11 is 0. The Morgan fingerprint density at radius 3 is 2.42 bits per heavy atom. The minimum absolute atomic E-state index is 0.0750. The molecule has 1 aliphatic rings. The summed E-state index contributed by atoms with van der Waals surface area (Å²) in [5.41, 5.74) is 1.97. The van der Waals surface area contributed by atoms with Crippen molar-refractivity contribution in [3.8, 4) is 0 Å². The van der Waals surface area contributed by atoms with Crippen LogP contribution < -0.4 is 5.32 Å². The number of aryl methyl sites for hydroxylation is 2. The van der Waals surface area contributed by atoms with Crippen molar-refractivity contribution in [2.75, 3.05) is 18.4 Å². The van der Waals surface area contributed by atoms with Gasteiger partial charge in [0.25, 0.3) is 0 Å². The van der Waals surface area contributed by atoms with Crippen LogP contribution in [0.15, 0.2) is 24.3 Å². The predicted molar refractivity (Wildman–Crippen MR) is 118 cm³/mol. The third kappa shape index (κ3) is 5.46. The lowest BCUT2D eigenvalue weighted by Gasteiger charge is -2.36. The third-order valence-corrected chi connectivity index (χ3v) is 5.64. The van der Waals surface area contributed by atoms with Gasteiger partial charge in [-0.25, -0.2) is 14.4 Å². The monoisotopic (exact) mass is 426 g/mol. The molecule has 1 aromatic carbocycles. The molecule has 6 nitrogen and oxygen atoms in total. The van der Waals surface area contributed by atoms with E-state index in [2.05, 4.69) is 15.3 Å². The van der Waals surface area contributed by atoms with E-state index < -0.39 is 11.2 Å². The van der Waals surface area contributed by atoms with Gasteiger partial charge in [-0.1, -0.05) is 32.9 Å². The molecule has 2 heterocycles. The van der Waals surface area contributed by atoms with Gasteiger partial charge < -0.3 is 10.2 Å². The van der Waals surface area contributed by atoms with Gasteiger partial charge in [0.2, 0.25) is 11.8 Å². The van der Waals surface area contributed by atoms with Crippen molar-refractivity contribution in [3.05, 3.63) is 52.9 Å². The van der Waals surface area contributed by atoms with Crippen LogP contribution in [-0.4, -0.2) is 39.8 Å². The number of piperidine rings is 1. The minimum atomic E-state index is -0.470. The number of para-hydroxylation sites is 1. The van der Waals surface area contributed by atoms with Crippen molar-refractivity contribution >= 4 is 17.5 Å². The molecule has 1 saturated heterocycles. The second-order valence-electron chi connectivity index (χ2n) is 9.28. The SMILES string of the molecule is Cc1nc([C@H]2CCCN(C(=O)C(C)(C)C)C2)nc(C)c1CC(=O)Nc1ccccc1F. The second kappa shape index (κ2) is 9.12. The molecule has 0 bridgehead atoms. The number of anilines is 1. The number of halogens is 1. The zero-order valence-electron chi connectivity index (χ0n) is 19.0. The quantitative estimate of drug-likeness (QED) is 0.796. The van der Waals surface area contributed by atoms with E-state index in [-0.39, 0.29) is 29.8 Å². The minimum Gasteiger partial charge on any atom is -0.342 e. The summed E-state index contributed by atoms with van der Waals surface area (Å²) in [6, 6.07) is 6.08. The van der Waals surface area contributed by atoms with Crippen LogP contribution in [0.2, 0.25) is 0 Å². The maximum absolute atomic E-state index is 13.8. The van der Waals surface area contributed by atoms with Crippen LogP contribution in [-0.2, 0) is 16.0 Å². The molecule has 1 atom stereocenters. The zero-order chi connectivity index (χ0) is 22.8. The molecule has 0 spiro atoms. The molecule has 2 aromatic rings. The number of nitrogens with one attached hydrogen (secondary N) is 1. The Hall–Kier alpha value is -2.83. The molecule has 0 saturated carbocycles. The molecular weight excluding hydrogens is 395 g/mol. The topological polar surface area (TPSA) is 75.2 Å². The first-order valence-electron chi connectivity index (χ1n) is 10.7. The van der Waals surface area contributed by atoms with E-state index in [1.165, 1.54) is 12.1 Å². The van der Waals surface area contributed by atoms with E-state index in [9.17, 15) is 14.0 Å². The van der Waals surface area contributed by atoms with Crippen molar-refractivity contribution in [2.45, 2.75) is 59.8 Å². The van der Waals surface area contributed by atoms with Crippen LogP contribution in [0.1, 0.15) is 62.3 Å². The lowest BCUT2D eigenvalue weighted by atomic mass is 9.90. The number of amides is 2. The lowest BCUT2D eigenvalue weighted by molar-refractivity contribution is -0.140. The van der Waals surface area contributed by atoms with Gasteiger partial charge in [-0.2, -0.15) is 0 Å². The van der Waals surface area contributed by atoms with Gasteiger partial charge >= 0.3 is 0 Å². The molecule has 2 amide bonds. The third-order valence-electron chi connectivity index (χ3n) is 5.64. The fraction of sp³-hybridized carbons (Fsp3) is 0.500. The Labute approximate surface area is 183 Å². The van der Waals surface area contributed by atoms with Gasteiger partial charge in [-0.05, 0) is 38.8 Å². The van der Waals surface area contributed by atoms with Crippen molar-refractivity contribution in [1.29, 1.82) is 0 Å². The van der Waals surface area contributed by atoms with Crippen LogP contribution in [0.3, 0.4) is 0 Å². The molecule has 1 N–H and O–H groups in total. The summed E-state index contributed by atoms with van der Waals surface area (Å²) in [6.45, 7) is 10.9. The van der Waals surface area contributed by atoms with Gasteiger partial charge in [0.05, 0.1) is 12.1 Å². The normalized spacial score (nSPS) is 16.8. The Bertz CT molecular complexity index is 961. The number of likely N-dealkylation sites (tertiary alicyclic amines) is 1. The molecule has 166 valence electrons. The number of hydrogen-bond acceptors (Lipinski definition) is 4. The highest BCUT2D eigenvalue weighted by Crippen LogP contribution is 2.29. The van der Waals surface area contributed by atoms with Crippen molar-refractivity contribution < 1.29 is 14.0 Å². The van der Waals surface area contributed by atoms with E-state index in [0.717, 1.165) is 42.2 Å². The van der Waals surface area contributed by atoms with Crippen LogP contribution in [0.25, 0.3) is 0 Å². The zero-order valence-corrected chi connectivity index (χ0v) is 19.0. The summed E-state index contributed by atoms with van der Waals surface area (Å²) < 4.78 is 13.8. The molecule has 3 rings (SSSR count). The number of nitrogens with zero attached hydrogens (tertiary/aromatic N) is 3. The standard InChI is InChI=1S/C24H31FN4O2/c1-15-18(13-21(30)28-20-11-7-6-10-19(20)25)16(2)27-22(26-15)17-9-8-12-29(14-17)23(31)24(3,4)5/h6-7,10-11,17H,8-9,12-14H2,1-5H3,(H,28,30)/t17-/m0/s1. The van der Waals surface area contributed by atoms with Gasteiger partial charge in [0.15, 0.2) is 0 Å². The van der Waals surface area contributed by atoms with Gasteiger partial charge in [0.1, 0.15) is 11.6 Å². The molecule has 1 fully saturated rings. The van der Waals surface area contributed by atoms with Crippen LogP contribution in [0, 0.1) is 25.1 Å². The van der Waals surface area contributed by atoms with Crippen LogP contribution in [0.5, 0.6) is 0 Å². The number of carbonyl (C=O) groups excluding carboxylic acids is 2. The maximum Gasteiger partial charge on any atom is 0.229 e. The number of carbonyl (C=O) groups is 2. The number of aromatic nitrogens is 2. The summed E-state index contributed by atoms with van der Waals surface area (Å²) in [4.78, 5) is 36.4. The average Bonchev–Trinajstić information content (AvgIpc) is 2.71. The first kappa shape index (κ1) is 22.8. The highest BCUT2D eigenvalue weighted by molar-refractivity contribution is 5.92. The van der Waals surface area contributed by atoms with E-state index in [0.29, 0.717) is 6.54 Å². The average molecular weight is 427 g/mol. The fourth-order valence-corrected chi connectivity index (χ4v) is 3.97. The molecule has 0 aliphatic carbocycles. The Kier molecular flexibility index (Phi) is 6.72. The molecule has 1 aromatic heterocycles. The Morgan fingerprint density at radius 1 is 1.16 bits per heavy atom. The largest absolute Gasteiger partial charge is 0.342 e. The van der Waals surface area contributed by atoms with Gasteiger partial charge in [-0.3, -0.25) is 9.59 Å². The summed E-state index contributed by atoms with van der Waals surface area (Å²) in [6.07, 6.45) is 1.92. The predicted octanol–water partition coefficient (Wildman–Crippen LogP) is 4.17. The molecule has 0 unspecified atom stereocenters. The summed E-state index contributed by atoms with van der Waals surface area (Å²) in [5, 5.41) is 2.61. The van der Waals surface area contributed by atoms with E-state index >= 15 is 0 Å². The highest BCUT2D eigenvalue weighted by atomic mass is 19.1. The highest BCUT2D eigenvalue weighted by Gasteiger charge is 2.32. The first-order chi connectivity index (χ1) is 14.6. The van der Waals surface area contributed by atoms with Crippen molar-refractivity contribution in [2.24, 2.45) is 5.41 Å². The number of hydrogen-bond donors (Lipinski definition) is 1. The van der Waals surface area contributed by atoms with Crippen LogP contribution in [0.4, 0.5) is 10.1 Å². The smallest absolute Gasteiger partial charge is 0.229 e. The fourth-order valence-electron chi connectivity index (χ4n) is 3.97. The maximum atomic E-state index is 13.8. The molecule has 0 radical (unpaired) electrons. The van der Waals surface area contributed by atoms with Crippen LogP contribution >= 0.6 is 0 Å². The van der Waals surface area contributed by atoms with Crippen molar-refractivity contribution in [1.82, 2.24) is 14.9 Å². The van der Waals surface area contributed by atoms with E-state index in [4.69, 9.17) is 0 Å². The van der Waals surface area contributed by atoms with E-state index in [1.54, 1.807) is 12.1 Å². The second-order valence-corrected chi connectivity index (χ2v) is 9.28. The number of benzene rings is 1. The molecule has 1 aliphatic heterocycles. The first-order valence-corrected chi connectivity index (χ1v) is 10.7.